The molecule has 1 fully saturated rings. The number of halogens is 1. The fraction of sp³-hybridized carbons (Fsp3) is 0.400. The molecule has 1 aromatic carbocycles. The molecule has 1 aliphatic heterocycles. The van der Waals surface area contributed by atoms with Crippen LogP contribution in [0.3, 0.4) is 0 Å². The molecule has 6 heteroatoms. The Morgan fingerprint density at radius 2 is 1.90 bits per heavy atom. The number of fused-ring (bicyclic) bond motifs is 1. The van der Waals surface area contributed by atoms with E-state index < -0.39 is 16.0 Å². The normalized spacial score (nSPS) is 25.0. The maximum absolute atomic E-state index is 14.2. The van der Waals surface area contributed by atoms with Gasteiger partial charge in [0.25, 0.3) is 0 Å². The van der Waals surface area contributed by atoms with Gasteiger partial charge in [-0.25, -0.2) is 12.8 Å². The Morgan fingerprint density at radius 3 is 2.57 bits per heavy atom. The zero-order chi connectivity index (χ0) is 14.6. The molecule has 0 saturated heterocycles. The molecule has 0 bridgehead atoms. The van der Waals surface area contributed by atoms with E-state index in [1.54, 1.807) is 4.68 Å². The van der Waals surface area contributed by atoms with E-state index in [9.17, 15) is 12.8 Å². The van der Waals surface area contributed by atoms with Gasteiger partial charge in [-0.2, -0.15) is 5.10 Å². The topological polar surface area (TPSA) is 52.0 Å². The number of hydrogen-bond acceptors (Lipinski definition) is 3. The maximum Gasteiger partial charge on any atom is 0.200 e. The molecule has 1 unspecified atom stereocenters. The van der Waals surface area contributed by atoms with E-state index in [-0.39, 0.29) is 16.3 Å². The first-order valence-corrected chi connectivity index (χ1v) is 8.64. The molecular weight excluding hydrogens is 291 g/mol. The summed E-state index contributed by atoms with van der Waals surface area (Å²) in [5.74, 6) is 0. The van der Waals surface area contributed by atoms with Crippen molar-refractivity contribution in [3.63, 3.8) is 0 Å². The Morgan fingerprint density at radius 1 is 1.19 bits per heavy atom. The second kappa shape index (κ2) is 4.40. The molecule has 1 aliphatic carbocycles. The lowest BCUT2D eigenvalue weighted by molar-refractivity contribution is 0.333. The minimum atomic E-state index is -3.37. The fourth-order valence-electron chi connectivity index (χ4n) is 2.93. The van der Waals surface area contributed by atoms with Crippen LogP contribution in [0.25, 0.3) is 0 Å². The molecule has 0 spiro atoms. The van der Waals surface area contributed by atoms with E-state index in [0.29, 0.717) is 25.0 Å². The summed E-state index contributed by atoms with van der Waals surface area (Å²) in [6, 6.07) is 10.7. The van der Waals surface area contributed by atoms with Crippen molar-refractivity contribution in [1.82, 2.24) is 9.78 Å². The summed E-state index contributed by atoms with van der Waals surface area (Å²) < 4.78 is 40.3. The van der Waals surface area contributed by atoms with E-state index in [1.807, 2.05) is 30.3 Å². The Bertz CT molecular complexity index is 781. The highest BCUT2D eigenvalue weighted by atomic mass is 32.2. The minimum absolute atomic E-state index is 0.0308. The van der Waals surface area contributed by atoms with Crippen LogP contribution in [0, 0.1) is 0 Å². The van der Waals surface area contributed by atoms with Crippen molar-refractivity contribution in [1.29, 1.82) is 0 Å². The van der Waals surface area contributed by atoms with Crippen LogP contribution < -0.4 is 0 Å². The van der Waals surface area contributed by atoms with Crippen molar-refractivity contribution in [2.75, 3.05) is 0 Å². The number of aromatic nitrogens is 2. The second-order valence-electron chi connectivity index (χ2n) is 5.73. The number of sulfone groups is 1. The molecular formula is C15H15FN2O2S. The van der Waals surface area contributed by atoms with Crippen LogP contribution in [0.2, 0.25) is 0 Å². The Kier molecular flexibility index (Phi) is 2.73. The summed E-state index contributed by atoms with van der Waals surface area (Å²) in [4.78, 5) is 0. The summed E-state index contributed by atoms with van der Waals surface area (Å²) >= 11 is 0. The average molecular weight is 306 g/mol. The number of alkyl halides is 1. The predicted molar refractivity (Wildman–Crippen MR) is 75.5 cm³/mol. The van der Waals surface area contributed by atoms with Crippen LogP contribution >= 0.6 is 0 Å². The number of benzene rings is 1. The molecule has 2 atom stereocenters. The molecule has 0 radical (unpaired) electrons. The van der Waals surface area contributed by atoms with E-state index in [2.05, 4.69) is 5.10 Å². The van der Waals surface area contributed by atoms with E-state index in [0.717, 1.165) is 5.56 Å². The van der Waals surface area contributed by atoms with E-state index >= 15 is 0 Å². The highest BCUT2D eigenvalue weighted by Gasteiger charge is 2.41. The Hall–Kier alpha value is -1.69. The second-order valence-corrected chi connectivity index (χ2v) is 7.90. The first kappa shape index (κ1) is 13.0. The summed E-state index contributed by atoms with van der Waals surface area (Å²) in [6.45, 7) is 0. The summed E-state index contributed by atoms with van der Waals surface area (Å²) in [5.41, 5.74) is 1.33. The van der Waals surface area contributed by atoms with E-state index in [4.69, 9.17) is 0 Å². The first-order chi connectivity index (χ1) is 10.1. The predicted octanol–water partition coefficient (Wildman–Crippen LogP) is 2.82. The number of hydrogen-bond donors (Lipinski definition) is 0. The van der Waals surface area contributed by atoms with Crippen molar-refractivity contribution in [3.05, 3.63) is 47.7 Å². The van der Waals surface area contributed by atoms with Crippen molar-refractivity contribution in [3.8, 4) is 0 Å². The van der Waals surface area contributed by atoms with Crippen molar-refractivity contribution < 1.29 is 12.8 Å². The van der Waals surface area contributed by atoms with Gasteiger partial charge in [-0.05, 0) is 18.4 Å². The Labute approximate surface area is 122 Å². The van der Waals surface area contributed by atoms with Gasteiger partial charge in [0.15, 0.2) is 14.9 Å². The zero-order valence-corrected chi connectivity index (χ0v) is 12.1. The van der Waals surface area contributed by atoms with Crippen LogP contribution in [0.15, 0.2) is 41.4 Å². The zero-order valence-electron chi connectivity index (χ0n) is 11.3. The third kappa shape index (κ3) is 2.00. The lowest BCUT2D eigenvalue weighted by Crippen LogP contribution is -2.12. The Balaban J connectivity index is 1.78. The lowest BCUT2D eigenvalue weighted by Gasteiger charge is -2.12. The third-order valence-electron chi connectivity index (χ3n) is 4.23. The molecule has 2 heterocycles. The standard InChI is InChI=1S/C15H15FN2O2S/c16-12-8-13(10-4-2-1-3-5-10)18-14(12)9-15(17-18)21(19,20)11-6-7-11/h1-5,9,11-13H,6-8H2/t12-,13?/m0/s1. The highest BCUT2D eigenvalue weighted by molar-refractivity contribution is 7.92. The van der Waals surface area contributed by atoms with Gasteiger partial charge >= 0.3 is 0 Å². The molecule has 110 valence electrons. The van der Waals surface area contributed by atoms with Gasteiger partial charge in [0.1, 0.15) is 6.17 Å². The summed E-state index contributed by atoms with van der Waals surface area (Å²) in [7, 11) is -3.37. The molecule has 4 rings (SSSR count). The molecule has 0 N–H and O–H groups in total. The number of nitrogens with zero attached hydrogens (tertiary/aromatic N) is 2. The average Bonchev–Trinajstić information content (AvgIpc) is 3.17. The van der Waals surface area contributed by atoms with E-state index in [1.165, 1.54) is 6.07 Å². The summed E-state index contributed by atoms with van der Waals surface area (Å²) in [6.07, 6.45) is 0.527. The third-order valence-corrected chi connectivity index (χ3v) is 6.36. The maximum atomic E-state index is 14.2. The van der Waals surface area contributed by atoms with Gasteiger partial charge < -0.3 is 0 Å². The van der Waals surface area contributed by atoms with Crippen molar-refractivity contribution in [2.24, 2.45) is 0 Å². The van der Waals surface area contributed by atoms with Gasteiger partial charge in [-0.15, -0.1) is 0 Å². The number of rotatable bonds is 3. The molecule has 2 aliphatic rings. The molecule has 1 aromatic heterocycles. The molecule has 0 amide bonds. The fourth-order valence-corrected chi connectivity index (χ4v) is 4.51. The van der Waals surface area contributed by atoms with Crippen molar-refractivity contribution >= 4 is 9.84 Å². The lowest BCUT2D eigenvalue weighted by atomic mass is 10.0. The quantitative estimate of drug-likeness (QED) is 0.876. The first-order valence-electron chi connectivity index (χ1n) is 7.10. The van der Waals surface area contributed by atoms with Crippen molar-refractivity contribution in [2.45, 2.75) is 41.8 Å². The largest absolute Gasteiger partial charge is 0.258 e. The van der Waals surface area contributed by atoms with Crippen LogP contribution in [0.5, 0.6) is 0 Å². The van der Waals surface area contributed by atoms with Gasteiger partial charge in [0, 0.05) is 12.5 Å². The monoisotopic (exact) mass is 306 g/mol. The molecule has 21 heavy (non-hydrogen) atoms. The SMILES string of the molecule is O=S(=O)(c1cc2n(n1)C(c1ccccc1)C[C@@H]2F)C1CC1. The van der Waals surface area contributed by atoms with Gasteiger partial charge in [-0.1, -0.05) is 30.3 Å². The van der Waals surface area contributed by atoms with Crippen LogP contribution in [-0.4, -0.2) is 23.4 Å². The molecule has 4 nitrogen and oxygen atoms in total. The molecule has 1 saturated carbocycles. The van der Waals surface area contributed by atoms with Gasteiger partial charge in [0.2, 0.25) is 0 Å². The smallest absolute Gasteiger partial charge is 0.200 e. The van der Waals surface area contributed by atoms with Gasteiger partial charge in [0.05, 0.1) is 17.0 Å². The summed E-state index contributed by atoms with van der Waals surface area (Å²) in [5, 5.41) is 3.93. The van der Waals surface area contributed by atoms with Gasteiger partial charge in [-0.3, -0.25) is 4.68 Å². The molecule has 2 aromatic rings. The minimum Gasteiger partial charge on any atom is -0.258 e. The highest BCUT2D eigenvalue weighted by Crippen LogP contribution is 2.42. The van der Waals surface area contributed by atoms with Crippen LogP contribution in [-0.2, 0) is 9.84 Å². The van der Waals surface area contributed by atoms with Crippen LogP contribution in [0.4, 0.5) is 4.39 Å². The van der Waals surface area contributed by atoms with Crippen LogP contribution in [0.1, 0.15) is 42.7 Å².